The van der Waals surface area contributed by atoms with Crippen molar-refractivity contribution >= 4 is 34.0 Å². The van der Waals surface area contributed by atoms with Gasteiger partial charge in [0, 0.05) is 16.6 Å². The van der Waals surface area contributed by atoms with Gasteiger partial charge in [-0.15, -0.1) is 10.2 Å². The van der Waals surface area contributed by atoms with E-state index in [4.69, 9.17) is 11.6 Å². The van der Waals surface area contributed by atoms with Crippen LogP contribution in [0, 0.1) is 0 Å². The minimum absolute atomic E-state index is 0.0470. The second-order valence-electron chi connectivity index (χ2n) is 5.75. The van der Waals surface area contributed by atoms with Gasteiger partial charge in [0.2, 0.25) is 5.88 Å². The molecule has 6 heteroatoms. The highest BCUT2D eigenvalue weighted by Gasteiger charge is 2.17. The molecular weight excluding hydrogens is 348 g/mol. The van der Waals surface area contributed by atoms with Gasteiger partial charge < -0.3 is 9.67 Å². The quantitative estimate of drug-likeness (QED) is 0.462. The zero-order valence-electron chi connectivity index (χ0n) is 13.7. The van der Waals surface area contributed by atoms with Crippen molar-refractivity contribution in [3.8, 4) is 5.88 Å². The van der Waals surface area contributed by atoms with Crippen LogP contribution in [0.15, 0.2) is 83.2 Å². The molecule has 2 heterocycles. The van der Waals surface area contributed by atoms with E-state index < -0.39 is 0 Å². The van der Waals surface area contributed by atoms with Crippen LogP contribution in [0.4, 0.5) is 11.5 Å². The van der Waals surface area contributed by atoms with E-state index in [1.165, 1.54) is 0 Å². The molecule has 2 aromatic carbocycles. The summed E-state index contributed by atoms with van der Waals surface area (Å²) in [5.74, 6) is 0.528. The molecule has 0 fully saturated rings. The summed E-state index contributed by atoms with van der Waals surface area (Å²) in [4.78, 5) is 4.12. The predicted octanol–water partition coefficient (Wildman–Crippen LogP) is 5.86. The molecule has 0 saturated carbocycles. The minimum atomic E-state index is 0.0470. The topological polar surface area (TPSA) is 62.8 Å². The molecular formula is C20H15ClN4O. The number of halogens is 1. The van der Waals surface area contributed by atoms with Crippen molar-refractivity contribution < 1.29 is 5.11 Å². The number of benzene rings is 2. The van der Waals surface area contributed by atoms with Gasteiger partial charge in [0.25, 0.3) is 0 Å². The Labute approximate surface area is 155 Å². The van der Waals surface area contributed by atoms with Crippen molar-refractivity contribution in [2.45, 2.75) is 6.54 Å². The van der Waals surface area contributed by atoms with E-state index in [9.17, 15) is 5.11 Å². The fourth-order valence-electron chi connectivity index (χ4n) is 2.84. The summed E-state index contributed by atoms with van der Waals surface area (Å²) >= 11 is 6.28. The normalized spacial score (nSPS) is 11.4. The maximum Gasteiger partial charge on any atom is 0.221 e. The molecule has 0 amide bonds. The Balaban J connectivity index is 1.81. The highest BCUT2D eigenvalue weighted by Crippen LogP contribution is 2.40. The van der Waals surface area contributed by atoms with Crippen LogP contribution in [0.1, 0.15) is 5.56 Å². The van der Waals surface area contributed by atoms with Crippen molar-refractivity contribution in [2.75, 3.05) is 0 Å². The number of para-hydroxylation sites is 1. The lowest BCUT2D eigenvalue weighted by Gasteiger charge is -2.08. The van der Waals surface area contributed by atoms with Crippen LogP contribution in [0.2, 0.25) is 5.02 Å². The highest BCUT2D eigenvalue weighted by atomic mass is 35.5. The molecule has 0 spiro atoms. The number of aromatic nitrogens is 2. The van der Waals surface area contributed by atoms with Gasteiger partial charge in [-0.3, -0.25) is 0 Å². The Kier molecular flexibility index (Phi) is 4.37. The van der Waals surface area contributed by atoms with Crippen molar-refractivity contribution in [3.63, 3.8) is 0 Å². The summed E-state index contributed by atoms with van der Waals surface area (Å²) in [6.45, 7) is 0.436. The first-order chi connectivity index (χ1) is 12.7. The number of nitrogens with zero attached hydrogens (tertiary/aromatic N) is 4. The van der Waals surface area contributed by atoms with E-state index in [2.05, 4.69) is 15.2 Å². The van der Waals surface area contributed by atoms with Crippen molar-refractivity contribution in [1.29, 1.82) is 0 Å². The molecule has 0 aliphatic rings. The summed E-state index contributed by atoms with van der Waals surface area (Å²) in [5, 5.41) is 20.6. The average Bonchev–Trinajstić information content (AvgIpc) is 2.94. The molecule has 26 heavy (non-hydrogen) atoms. The zero-order chi connectivity index (χ0) is 17.9. The Morgan fingerprint density at radius 1 is 0.923 bits per heavy atom. The van der Waals surface area contributed by atoms with Gasteiger partial charge >= 0.3 is 0 Å². The summed E-state index contributed by atoms with van der Waals surface area (Å²) in [6, 6.07) is 20.6. The average molecular weight is 363 g/mol. The van der Waals surface area contributed by atoms with Crippen LogP contribution >= 0.6 is 11.6 Å². The summed E-state index contributed by atoms with van der Waals surface area (Å²) < 4.78 is 1.78. The van der Waals surface area contributed by atoms with E-state index in [0.29, 0.717) is 23.1 Å². The number of hydrogen-bond acceptors (Lipinski definition) is 4. The predicted molar refractivity (Wildman–Crippen MR) is 103 cm³/mol. The van der Waals surface area contributed by atoms with Crippen LogP contribution < -0.4 is 0 Å². The molecule has 4 aromatic rings. The Morgan fingerprint density at radius 3 is 2.50 bits per heavy atom. The number of pyridine rings is 1. The lowest BCUT2D eigenvalue weighted by molar-refractivity contribution is 0.429. The van der Waals surface area contributed by atoms with E-state index in [1.54, 1.807) is 16.8 Å². The molecule has 0 bridgehead atoms. The monoisotopic (exact) mass is 362 g/mol. The summed E-state index contributed by atoms with van der Waals surface area (Å²) in [7, 11) is 0. The van der Waals surface area contributed by atoms with Crippen molar-refractivity contribution in [2.24, 2.45) is 10.2 Å². The Bertz CT molecular complexity index is 1090. The molecule has 128 valence electrons. The van der Waals surface area contributed by atoms with Crippen LogP contribution in [0.5, 0.6) is 5.88 Å². The van der Waals surface area contributed by atoms with E-state index in [1.807, 2.05) is 60.7 Å². The maximum atomic E-state index is 10.8. The lowest BCUT2D eigenvalue weighted by Crippen LogP contribution is -1.99. The van der Waals surface area contributed by atoms with E-state index >= 15 is 0 Å². The molecule has 1 N–H and O–H groups in total. The fourth-order valence-corrected chi connectivity index (χ4v) is 3.04. The van der Waals surface area contributed by atoms with E-state index in [0.717, 1.165) is 16.5 Å². The van der Waals surface area contributed by atoms with Gasteiger partial charge in [0.1, 0.15) is 0 Å². The molecule has 5 nitrogen and oxygen atoms in total. The number of azo groups is 1. The first kappa shape index (κ1) is 16.3. The van der Waals surface area contributed by atoms with Gasteiger partial charge in [0.05, 0.1) is 12.1 Å². The third-order valence-electron chi connectivity index (χ3n) is 4.11. The third-order valence-corrected chi connectivity index (χ3v) is 4.47. The number of aromatic hydroxyl groups is 1. The third kappa shape index (κ3) is 3.05. The Hall–Kier alpha value is -3.18. The summed E-state index contributed by atoms with van der Waals surface area (Å²) in [6.07, 6.45) is 1.65. The van der Waals surface area contributed by atoms with Gasteiger partial charge in [-0.05, 0) is 29.8 Å². The smallest absolute Gasteiger partial charge is 0.221 e. The molecule has 0 aliphatic carbocycles. The second-order valence-corrected chi connectivity index (χ2v) is 6.16. The van der Waals surface area contributed by atoms with E-state index in [-0.39, 0.29) is 5.88 Å². The SMILES string of the molecule is Oc1c(N=Nc2ccccn2)c2ccccc2n1Cc1ccccc1Cl. The first-order valence-corrected chi connectivity index (χ1v) is 8.48. The molecule has 0 unspecified atom stereocenters. The van der Waals surface area contributed by atoms with Crippen LogP contribution in [-0.4, -0.2) is 14.7 Å². The molecule has 0 aliphatic heterocycles. The standard InChI is InChI=1S/C20H15ClN4O/c21-16-9-3-1-7-14(16)13-25-17-10-4-2-8-15(17)19(20(25)26)24-23-18-11-5-6-12-22-18/h1-12,26H,13H2. The van der Waals surface area contributed by atoms with Gasteiger partial charge in [0.15, 0.2) is 11.5 Å². The molecule has 2 aromatic heterocycles. The minimum Gasteiger partial charge on any atom is -0.493 e. The van der Waals surface area contributed by atoms with Gasteiger partial charge in [-0.2, -0.15) is 0 Å². The highest BCUT2D eigenvalue weighted by molar-refractivity contribution is 6.31. The van der Waals surface area contributed by atoms with Crippen molar-refractivity contribution in [1.82, 2.24) is 9.55 Å². The molecule has 0 saturated heterocycles. The number of rotatable bonds is 4. The number of hydrogen-bond donors (Lipinski definition) is 1. The van der Waals surface area contributed by atoms with Gasteiger partial charge in [-0.25, -0.2) is 4.98 Å². The largest absolute Gasteiger partial charge is 0.493 e. The maximum absolute atomic E-state index is 10.8. The first-order valence-electron chi connectivity index (χ1n) is 8.10. The fraction of sp³-hybridized carbons (Fsp3) is 0.0500. The Morgan fingerprint density at radius 2 is 1.69 bits per heavy atom. The second kappa shape index (κ2) is 6.98. The zero-order valence-corrected chi connectivity index (χ0v) is 14.5. The number of fused-ring (bicyclic) bond motifs is 1. The van der Waals surface area contributed by atoms with Crippen molar-refractivity contribution in [3.05, 3.63) is 83.5 Å². The molecule has 0 atom stereocenters. The van der Waals surface area contributed by atoms with Crippen LogP contribution in [-0.2, 0) is 6.54 Å². The summed E-state index contributed by atoms with van der Waals surface area (Å²) in [5.41, 5.74) is 2.19. The van der Waals surface area contributed by atoms with Crippen LogP contribution in [0.25, 0.3) is 10.9 Å². The lowest BCUT2D eigenvalue weighted by atomic mass is 10.2. The van der Waals surface area contributed by atoms with Gasteiger partial charge in [-0.1, -0.05) is 54.1 Å². The van der Waals surface area contributed by atoms with Crippen LogP contribution in [0.3, 0.4) is 0 Å². The molecule has 0 radical (unpaired) electrons. The molecule has 4 rings (SSSR count).